The van der Waals surface area contributed by atoms with Crippen molar-refractivity contribution in [3.63, 3.8) is 0 Å². The fraction of sp³-hybridized carbons (Fsp3) is 0.455. The summed E-state index contributed by atoms with van der Waals surface area (Å²) in [5.74, 6) is 0. The molecule has 0 heterocycles. The third-order valence-electron chi connectivity index (χ3n) is 2.47. The van der Waals surface area contributed by atoms with E-state index in [-0.39, 0.29) is 11.7 Å². The van der Waals surface area contributed by atoms with Crippen LogP contribution in [0.1, 0.15) is 19.4 Å². The van der Waals surface area contributed by atoms with Crippen molar-refractivity contribution < 1.29 is 10.0 Å². The van der Waals surface area contributed by atoms with Gasteiger partial charge in [-0.2, -0.15) is 0 Å². The summed E-state index contributed by atoms with van der Waals surface area (Å²) in [5, 5.41) is 22.9. The van der Waals surface area contributed by atoms with Crippen molar-refractivity contribution >= 4 is 5.69 Å². The van der Waals surface area contributed by atoms with Crippen LogP contribution in [0, 0.1) is 10.1 Å². The Morgan fingerprint density at radius 3 is 2.75 bits per heavy atom. The summed E-state index contributed by atoms with van der Waals surface area (Å²) in [4.78, 5) is 10.1. The summed E-state index contributed by atoms with van der Waals surface area (Å²) in [5.41, 5.74) is 0.922. The fourth-order valence-electron chi connectivity index (χ4n) is 1.23. The lowest BCUT2D eigenvalue weighted by Gasteiger charge is -2.16. The van der Waals surface area contributed by atoms with E-state index in [1.165, 1.54) is 12.1 Å². The zero-order valence-electron chi connectivity index (χ0n) is 9.38. The lowest BCUT2D eigenvalue weighted by molar-refractivity contribution is -0.384. The summed E-state index contributed by atoms with van der Waals surface area (Å²) in [7, 11) is 0. The molecule has 0 aromatic heterocycles. The monoisotopic (exact) mass is 224 g/mol. The van der Waals surface area contributed by atoms with Crippen molar-refractivity contribution in [1.82, 2.24) is 5.32 Å². The highest BCUT2D eigenvalue weighted by molar-refractivity contribution is 5.34. The smallest absolute Gasteiger partial charge is 0.269 e. The topological polar surface area (TPSA) is 75.4 Å². The Bertz CT molecular complexity index is 366. The van der Waals surface area contributed by atoms with E-state index >= 15 is 0 Å². The first-order chi connectivity index (χ1) is 7.50. The van der Waals surface area contributed by atoms with E-state index in [9.17, 15) is 15.2 Å². The number of aliphatic hydroxyl groups excluding tert-OH is 1. The predicted molar refractivity (Wildman–Crippen MR) is 61.1 cm³/mol. The second-order valence-corrected chi connectivity index (χ2v) is 3.84. The molecular formula is C11H16N2O3. The van der Waals surface area contributed by atoms with Crippen LogP contribution in [0.4, 0.5) is 5.69 Å². The average Bonchev–Trinajstić information content (AvgIpc) is 2.26. The molecule has 0 radical (unpaired) electrons. The van der Waals surface area contributed by atoms with Crippen LogP contribution in [0.25, 0.3) is 0 Å². The van der Waals surface area contributed by atoms with E-state index in [0.717, 1.165) is 5.56 Å². The van der Waals surface area contributed by atoms with Crippen molar-refractivity contribution in [2.24, 2.45) is 0 Å². The molecule has 2 N–H and O–H groups in total. The molecular weight excluding hydrogens is 208 g/mol. The Kier molecular flexibility index (Phi) is 4.39. The normalized spacial score (nSPS) is 14.4. The molecule has 88 valence electrons. The van der Waals surface area contributed by atoms with Crippen LogP contribution < -0.4 is 5.32 Å². The third kappa shape index (κ3) is 3.60. The zero-order valence-corrected chi connectivity index (χ0v) is 9.38. The van der Waals surface area contributed by atoms with Crippen LogP contribution in [-0.4, -0.2) is 22.2 Å². The quantitative estimate of drug-likeness (QED) is 0.586. The van der Waals surface area contributed by atoms with Crippen molar-refractivity contribution in [2.75, 3.05) is 0 Å². The van der Waals surface area contributed by atoms with Crippen LogP contribution in [0.5, 0.6) is 0 Å². The number of benzene rings is 1. The summed E-state index contributed by atoms with van der Waals surface area (Å²) in [6, 6.07) is 6.42. The number of non-ortho nitro benzene ring substituents is 1. The molecule has 1 aromatic carbocycles. The Hall–Kier alpha value is -1.46. The Morgan fingerprint density at radius 2 is 2.19 bits per heavy atom. The molecule has 0 amide bonds. The van der Waals surface area contributed by atoms with Gasteiger partial charge in [-0.15, -0.1) is 0 Å². The first-order valence-electron chi connectivity index (χ1n) is 5.15. The first kappa shape index (κ1) is 12.6. The van der Waals surface area contributed by atoms with Crippen LogP contribution >= 0.6 is 0 Å². The number of nitrogens with zero attached hydrogens (tertiary/aromatic N) is 1. The van der Waals surface area contributed by atoms with Crippen molar-refractivity contribution in [3.05, 3.63) is 39.9 Å². The molecule has 5 nitrogen and oxygen atoms in total. The summed E-state index contributed by atoms with van der Waals surface area (Å²) < 4.78 is 0. The maximum atomic E-state index is 10.5. The summed E-state index contributed by atoms with van der Waals surface area (Å²) in [6.45, 7) is 4.07. The highest BCUT2D eigenvalue weighted by Crippen LogP contribution is 2.12. The van der Waals surface area contributed by atoms with Gasteiger partial charge in [0.15, 0.2) is 0 Å². The zero-order chi connectivity index (χ0) is 12.1. The van der Waals surface area contributed by atoms with Gasteiger partial charge >= 0.3 is 0 Å². The van der Waals surface area contributed by atoms with E-state index in [0.29, 0.717) is 6.54 Å². The van der Waals surface area contributed by atoms with Crippen LogP contribution in [0.3, 0.4) is 0 Å². The second kappa shape index (κ2) is 5.58. The number of nitro benzene ring substituents is 1. The first-order valence-corrected chi connectivity index (χ1v) is 5.15. The lowest BCUT2D eigenvalue weighted by Crippen LogP contribution is -2.34. The molecule has 2 atom stereocenters. The second-order valence-electron chi connectivity index (χ2n) is 3.84. The minimum Gasteiger partial charge on any atom is -0.392 e. The maximum absolute atomic E-state index is 10.5. The van der Waals surface area contributed by atoms with Gasteiger partial charge in [0.25, 0.3) is 5.69 Å². The van der Waals surface area contributed by atoms with Crippen molar-refractivity contribution in [2.45, 2.75) is 32.5 Å². The molecule has 2 unspecified atom stereocenters. The highest BCUT2D eigenvalue weighted by atomic mass is 16.6. The van der Waals surface area contributed by atoms with Gasteiger partial charge in [0, 0.05) is 24.7 Å². The van der Waals surface area contributed by atoms with Gasteiger partial charge in [-0.25, -0.2) is 0 Å². The van der Waals surface area contributed by atoms with E-state index < -0.39 is 11.0 Å². The molecule has 1 rings (SSSR count). The van der Waals surface area contributed by atoms with Gasteiger partial charge < -0.3 is 10.4 Å². The Morgan fingerprint density at radius 1 is 1.50 bits per heavy atom. The molecule has 16 heavy (non-hydrogen) atoms. The molecule has 0 fully saturated rings. The molecule has 0 aliphatic heterocycles. The Balaban J connectivity index is 2.61. The number of hydrogen-bond acceptors (Lipinski definition) is 4. The summed E-state index contributed by atoms with van der Waals surface area (Å²) >= 11 is 0. The number of hydrogen-bond donors (Lipinski definition) is 2. The van der Waals surface area contributed by atoms with Crippen molar-refractivity contribution in [3.8, 4) is 0 Å². The maximum Gasteiger partial charge on any atom is 0.269 e. The van der Waals surface area contributed by atoms with Gasteiger partial charge in [0.05, 0.1) is 11.0 Å². The van der Waals surface area contributed by atoms with Crippen LogP contribution in [0.15, 0.2) is 24.3 Å². The molecule has 0 bridgehead atoms. The molecule has 0 saturated carbocycles. The number of nitro groups is 1. The van der Waals surface area contributed by atoms with E-state index in [1.807, 2.05) is 13.0 Å². The van der Waals surface area contributed by atoms with Gasteiger partial charge in [-0.3, -0.25) is 10.1 Å². The third-order valence-corrected chi connectivity index (χ3v) is 2.47. The number of rotatable bonds is 5. The number of aliphatic hydroxyl groups is 1. The minimum atomic E-state index is -0.446. The number of nitrogens with one attached hydrogen (secondary N) is 1. The van der Waals surface area contributed by atoms with Gasteiger partial charge in [0.2, 0.25) is 0 Å². The molecule has 5 heteroatoms. The van der Waals surface area contributed by atoms with Crippen LogP contribution in [-0.2, 0) is 6.54 Å². The highest BCUT2D eigenvalue weighted by Gasteiger charge is 2.09. The Labute approximate surface area is 94.3 Å². The largest absolute Gasteiger partial charge is 0.392 e. The molecule has 1 aromatic rings. The predicted octanol–water partition coefficient (Wildman–Crippen LogP) is 1.45. The molecule has 0 saturated heterocycles. The van der Waals surface area contributed by atoms with Crippen LogP contribution in [0.2, 0.25) is 0 Å². The van der Waals surface area contributed by atoms with Crippen molar-refractivity contribution in [1.29, 1.82) is 0 Å². The minimum absolute atomic E-state index is 0.0423. The fourth-order valence-corrected chi connectivity index (χ4v) is 1.23. The van der Waals surface area contributed by atoms with E-state index in [2.05, 4.69) is 5.32 Å². The average molecular weight is 224 g/mol. The van der Waals surface area contributed by atoms with Gasteiger partial charge in [0.1, 0.15) is 0 Å². The standard InChI is InChI=1S/C11H16N2O3/c1-8(9(2)14)12-7-10-4-3-5-11(6-10)13(15)16/h3-6,8-9,12,14H,7H2,1-2H3. The lowest BCUT2D eigenvalue weighted by atomic mass is 10.1. The molecule has 0 spiro atoms. The van der Waals surface area contributed by atoms with E-state index in [1.54, 1.807) is 13.0 Å². The van der Waals surface area contributed by atoms with Gasteiger partial charge in [-0.1, -0.05) is 12.1 Å². The van der Waals surface area contributed by atoms with E-state index in [4.69, 9.17) is 0 Å². The SMILES string of the molecule is CC(O)C(C)NCc1cccc([N+](=O)[O-])c1. The van der Waals surface area contributed by atoms with Gasteiger partial charge in [-0.05, 0) is 19.4 Å². The molecule has 0 aliphatic rings. The summed E-state index contributed by atoms with van der Waals surface area (Å²) in [6.07, 6.45) is -0.446. The molecule has 0 aliphatic carbocycles.